The summed E-state index contributed by atoms with van der Waals surface area (Å²) in [6, 6.07) is 15.2. The number of rotatable bonds is 5. The van der Waals surface area contributed by atoms with E-state index in [0.717, 1.165) is 37.0 Å². The van der Waals surface area contributed by atoms with Gasteiger partial charge in [-0.15, -0.1) is 0 Å². The average molecular weight is 408 g/mol. The van der Waals surface area contributed by atoms with Gasteiger partial charge in [-0.1, -0.05) is 18.2 Å². The summed E-state index contributed by atoms with van der Waals surface area (Å²) < 4.78 is 10.9. The van der Waals surface area contributed by atoms with Crippen LogP contribution in [0.2, 0.25) is 0 Å². The molecule has 156 valence electrons. The van der Waals surface area contributed by atoms with Crippen molar-refractivity contribution in [2.45, 2.75) is 12.8 Å². The molecule has 0 unspecified atom stereocenters. The first-order valence-electron chi connectivity index (χ1n) is 9.96. The number of oxazole rings is 1. The Bertz CT molecular complexity index is 1010. The maximum atomic E-state index is 12.1. The lowest BCUT2D eigenvalue weighted by Gasteiger charge is -2.30. The lowest BCUT2D eigenvalue weighted by molar-refractivity contribution is -0.136. The SMILES string of the molecule is COc1cccc(NC(=O)C(=O)NCC2CCN(c3nc4ccccc4o3)CC2)c1. The number of ether oxygens (including phenoxy) is 1. The van der Waals surface area contributed by atoms with Crippen LogP contribution in [0.1, 0.15) is 12.8 Å². The summed E-state index contributed by atoms with van der Waals surface area (Å²) in [7, 11) is 1.54. The minimum Gasteiger partial charge on any atom is -0.497 e. The highest BCUT2D eigenvalue weighted by Crippen LogP contribution is 2.26. The molecular formula is C22H24N4O4. The van der Waals surface area contributed by atoms with E-state index in [2.05, 4.69) is 20.5 Å². The smallest absolute Gasteiger partial charge is 0.313 e. The fraction of sp³-hybridized carbons (Fsp3) is 0.318. The van der Waals surface area contributed by atoms with Crippen LogP contribution in [0.15, 0.2) is 52.9 Å². The van der Waals surface area contributed by atoms with E-state index >= 15 is 0 Å². The number of fused-ring (bicyclic) bond motifs is 1. The summed E-state index contributed by atoms with van der Waals surface area (Å²) in [6.07, 6.45) is 1.77. The molecule has 1 aromatic heterocycles. The fourth-order valence-electron chi connectivity index (χ4n) is 3.53. The molecular weight excluding hydrogens is 384 g/mol. The van der Waals surface area contributed by atoms with E-state index in [0.29, 0.717) is 29.9 Å². The molecule has 1 saturated heterocycles. The lowest BCUT2D eigenvalue weighted by Crippen LogP contribution is -2.41. The number of hydrogen-bond donors (Lipinski definition) is 2. The number of carbonyl (C=O) groups excluding carboxylic acids is 2. The van der Waals surface area contributed by atoms with Gasteiger partial charge < -0.3 is 24.7 Å². The standard InChI is InChI=1S/C22H24N4O4/c1-29-17-6-4-5-16(13-17)24-21(28)20(27)23-14-15-9-11-26(12-10-15)22-25-18-7-2-3-8-19(18)30-22/h2-8,13,15H,9-12,14H2,1H3,(H,23,27)(H,24,28). The molecule has 2 heterocycles. The first-order chi connectivity index (χ1) is 14.6. The first-order valence-corrected chi connectivity index (χ1v) is 9.96. The average Bonchev–Trinajstić information content (AvgIpc) is 3.22. The monoisotopic (exact) mass is 408 g/mol. The number of aromatic nitrogens is 1. The van der Waals surface area contributed by atoms with Gasteiger partial charge in [0.2, 0.25) is 0 Å². The van der Waals surface area contributed by atoms with Crippen LogP contribution in [-0.2, 0) is 9.59 Å². The summed E-state index contributed by atoms with van der Waals surface area (Å²) in [5, 5.41) is 5.32. The van der Waals surface area contributed by atoms with Crippen LogP contribution in [0.3, 0.4) is 0 Å². The number of methoxy groups -OCH3 is 1. The predicted octanol–water partition coefficient (Wildman–Crippen LogP) is 2.81. The Balaban J connectivity index is 1.24. The van der Waals surface area contributed by atoms with Gasteiger partial charge in [0.05, 0.1) is 7.11 Å². The lowest BCUT2D eigenvalue weighted by atomic mass is 9.97. The zero-order valence-electron chi connectivity index (χ0n) is 16.8. The third-order valence-corrected chi connectivity index (χ3v) is 5.25. The van der Waals surface area contributed by atoms with Crippen molar-refractivity contribution in [2.75, 3.05) is 37.0 Å². The molecule has 8 nitrogen and oxygen atoms in total. The van der Waals surface area contributed by atoms with Crippen LogP contribution in [0.4, 0.5) is 11.7 Å². The number of hydrogen-bond acceptors (Lipinski definition) is 6. The third kappa shape index (κ3) is 4.53. The van der Waals surface area contributed by atoms with Crippen molar-refractivity contribution >= 4 is 34.6 Å². The molecule has 0 atom stereocenters. The van der Waals surface area contributed by atoms with Crippen LogP contribution in [0.25, 0.3) is 11.1 Å². The second kappa shape index (κ2) is 8.86. The third-order valence-electron chi connectivity index (χ3n) is 5.25. The fourth-order valence-corrected chi connectivity index (χ4v) is 3.53. The topological polar surface area (TPSA) is 96.7 Å². The van der Waals surface area contributed by atoms with E-state index in [-0.39, 0.29) is 0 Å². The molecule has 1 fully saturated rings. The highest BCUT2D eigenvalue weighted by Gasteiger charge is 2.24. The van der Waals surface area contributed by atoms with Crippen molar-refractivity contribution < 1.29 is 18.7 Å². The molecule has 3 aromatic rings. The van der Waals surface area contributed by atoms with Crippen molar-refractivity contribution in [1.82, 2.24) is 10.3 Å². The Kier molecular flexibility index (Phi) is 5.83. The predicted molar refractivity (Wildman–Crippen MR) is 114 cm³/mol. The van der Waals surface area contributed by atoms with E-state index in [1.165, 1.54) is 0 Å². The normalized spacial score (nSPS) is 14.5. The quantitative estimate of drug-likeness (QED) is 0.630. The summed E-state index contributed by atoms with van der Waals surface area (Å²) >= 11 is 0. The van der Waals surface area contributed by atoms with E-state index in [9.17, 15) is 9.59 Å². The van der Waals surface area contributed by atoms with Crippen LogP contribution in [-0.4, -0.2) is 43.5 Å². The van der Waals surface area contributed by atoms with Crippen LogP contribution in [0.5, 0.6) is 5.75 Å². The Morgan fingerprint density at radius 2 is 1.93 bits per heavy atom. The number of carbonyl (C=O) groups is 2. The van der Waals surface area contributed by atoms with Crippen LogP contribution < -0.4 is 20.3 Å². The minimum atomic E-state index is -0.688. The van der Waals surface area contributed by atoms with E-state index in [1.54, 1.807) is 31.4 Å². The van der Waals surface area contributed by atoms with Gasteiger partial charge >= 0.3 is 11.8 Å². The molecule has 1 aliphatic heterocycles. The van der Waals surface area contributed by atoms with Crippen molar-refractivity contribution in [3.63, 3.8) is 0 Å². The van der Waals surface area contributed by atoms with Gasteiger partial charge in [0.1, 0.15) is 11.3 Å². The second-order valence-electron chi connectivity index (χ2n) is 7.29. The van der Waals surface area contributed by atoms with Gasteiger partial charge in [-0.2, -0.15) is 4.98 Å². The van der Waals surface area contributed by atoms with Crippen LogP contribution in [0, 0.1) is 5.92 Å². The molecule has 30 heavy (non-hydrogen) atoms. The number of amides is 2. The zero-order valence-corrected chi connectivity index (χ0v) is 16.8. The van der Waals surface area contributed by atoms with E-state index < -0.39 is 11.8 Å². The van der Waals surface area contributed by atoms with E-state index in [1.807, 2.05) is 24.3 Å². The Morgan fingerprint density at radius 3 is 2.70 bits per heavy atom. The molecule has 0 bridgehead atoms. The largest absolute Gasteiger partial charge is 0.497 e. The van der Waals surface area contributed by atoms with Crippen molar-refractivity contribution in [1.29, 1.82) is 0 Å². The van der Waals surface area contributed by atoms with Gasteiger partial charge in [-0.05, 0) is 43.0 Å². The van der Waals surface area contributed by atoms with Gasteiger partial charge in [-0.3, -0.25) is 9.59 Å². The van der Waals surface area contributed by atoms with Crippen molar-refractivity contribution in [3.8, 4) is 5.75 Å². The summed E-state index contributed by atoms with van der Waals surface area (Å²) in [5.74, 6) is -0.413. The second-order valence-corrected chi connectivity index (χ2v) is 7.29. The highest BCUT2D eigenvalue weighted by atomic mass is 16.5. The van der Waals surface area contributed by atoms with Crippen molar-refractivity contribution in [2.24, 2.45) is 5.92 Å². The number of anilines is 2. The molecule has 2 aromatic carbocycles. The highest BCUT2D eigenvalue weighted by molar-refractivity contribution is 6.39. The Labute approximate surface area is 174 Å². The van der Waals surface area contributed by atoms with Crippen molar-refractivity contribution in [3.05, 3.63) is 48.5 Å². The Hall–Kier alpha value is -3.55. The number of nitrogens with one attached hydrogen (secondary N) is 2. The molecule has 0 aliphatic carbocycles. The van der Waals surface area contributed by atoms with Gasteiger partial charge in [0.15, 0.2) is 5.58 Å². The molecule has 0 spiro atoms. The molecule has 2 amide bonds. The molecule has 0 radical (unpaired) electrons. The molecule has 2 N–H and O–H groups in total. The molecule has 0 saturated carbocycles. The van der Waals surface area contributed by atoms with Gasteiger partial charge in [0.25, 0.3) is 6.01 Å². The van der Waals surface area contributed by atoms with E-state index in [4.69, 9.17) is 9.15 Å². The number of piperidine rings is 1. The summed E-state index contributed by atoms with van der Waals surface area (Å²) in [6.45, 7) is 2.05. The van der Waals surface area contributed by atoms with Gasteiger partial charge in [-0.25, -0.2) is 0 Å². The maximum Gasteiger partial charge on any atom is 0.313 e. The number of nitrogens with zero attached hydrogens (tertiary/aromatic N) is 2. The minimum absolute atomic E-state index is 0.305. The number of para-hydroxylation sites is 2. The van der Waals surface area contributed by atoms with Crippen LogP contribution >= 0.6 is 0 Å². The van der Waals surface area contributed by atoms with Gasteiger partial charge in [0, 0.05) is 31.4 Å². The maximum absolute atomic E-state index is 12.1. The molecule has 4 rings (SSSR count). The summed E-state index contributed by atoms with van der Waals surface area (Å²) in [4.78, 5) is 30.9. The summed E-state index contributed by atoms with van der Waals surface area (Å²) in [5.41, 5.74) is 2.15. The Morgan fingerprint density at radius 1 is 1.13 bits per heavy atom. The number of benzene rings is 2. The zero-order chi connectivity index (χ0) is 20.9. The molecule has 8 heteroatoms. The first kappa shape index (κ1) is 19.8. The molecule has 1 aliphatic rings.